The monoisotopic (exact) mass is 318 g/mol. The van der Waals surface area contributed by atoms with Gasteiger partial charge in [0.1, 0.15) is 0 Å². The molecule has 0 unspecified atom stereocenters. The number of anilines is 1. The van der Waals surface area contributed by atoms with Crippen LogP contribution in [0.25, 0.3) is 0 Å². The molecule has 1 aromatic carbocycles. The van der Waals surface area contributed by atoms with E-state index in [1.165, 1.54) is 6.08 Å². The number of carbonyl (C=O) groups excluding carboxylic acids is 2. The smallest absolute Gasteiger partial charge is 0.248 e. The Morgan fingerprint density at radius 2 is 1.95 bits per heavy atom. The van der Waals surface area contributed by atoms with Crippen molar-refractivity contribution in [3.05, 3.63) is 36.4 Å². The van der Waals surface area contributed by atoms with Gasteiger partial charge < -0.3 is 10.6 Å². The molecular weight excluding hydrogens is 296 g/mol. The van der Waals surface area contributed by atoms with Crippen LogP contribution in [-0.2, 0) is 9.59 Å². The topological polar surface area (TPSA) is 58.2 Å². The third kappa shape index (κ3) is 4.37. The molecule has 0 spiro atoms. The lowest BCUT2D eigenvalue weighted by Crippen LogP contribution is -2.40. The minimum Gasteiger partial charge on any atom is -0.349 e. The van der Waals surface area contributed by atoms with E-state index in [1.54, 1.807) is 17.8 Å². The fraction of sp³-hybridized carbons (Fsp3) is 0.412. The lowest BCUT2D eigenvalue weighted by Gasteiger charge is -2.22. The number of para-hydroxylation sites is 1. The average molecular weight is 318 g/mol. The predicted octanol–water partition coefficient (Wildman–Crippen LogP) is 3.06. The molecule has 1 heterocycles. The molecule has 0 aliphatic carbocycles. The molecule has 22 heavy (non-hydrogen) atoms. The molecule has 4 nitrogen and oxygen atoms in total. The second kappa shape index (κ2) is 7.49. The minimum atomic E-state index is -0.179. The van der Waals surface area contributed by atoms with Crippen molar-refractivity contribution in [1.82, 2.24) is 5.32 Å². The zero-order valence-corrected chi connectivity index (χ0v) is 13.9. The second-order valence-electron chi connectivity index (χ2n) is 5.83. The van der Waals surface area contributed by atoms with Crippen LogP contribution in [0.1, 0.15) is 20.8 Å². The highest BCUT2D eigenvalue weighted by Crippen LogP contribution is 2.29. The Bertz CT molecular complexity index is 584. The number of carbonyl (C=O) groups is 2. The van der Waals surface area contributed by atoms with Crippen LogP contribution < -0.4 is 10.6 Å². The van der Waals surface area contributed by atoms with E-state index in [9.17, 15) is 9.59 Å². The minimum absolute atomic E-state index is 0.0225. The first kappa shape index (κ1) is 16.6. The number of nitrogens with one attached hydrogen (secondary N) is 2. The number of hydrogen-bond acceptors (Lipinski definition) is 3. The van der Waals surface area contributed by atoms with Gasteiger partial charge in [0.25, 0.3) is 0 Å². The van der Waals surface area contributed by atoms with Crippen molar-refractivity contribution in [1.29, 1.82) is 0 Å². The number of benzene rings is 1. The van der Waals surface area contributed by atoms with Gasteiger partial charge in [0.2, 0.25) is 11.8 Å². The van der Waals surface area contributed by atoms with Gasteiger partial charge in [0.05, 0.1) is 5.69 Å². The van der Waals surface area contributed by atoms with Crippen LogP contribution >= 0.6 is 11.8 Å². The van der Waals surface area contributed by atoms with E-state index in [1.807, 2.05) is 45.0 Å². The Labute approximate surface area is 135 Å². The van der Waals surface area contributed by atoms with Crippen LogP contribution in [0.15, 0.2) is 41.3 Å². The SMILES string of the molecule is CC(C)[C@H]1/C=C/C(=O)Nc2ccccc2SC[C@H](C)C(=O)N1. The van der Waals surface area contributed by atoms with E-state index >= 15 is 0 Å². The summed E-state index contributed by atoms with van der Waals surface area (Å²) < 4.78 is 0. The van der Waals surface area contributed by atoms with Crippen LogP contribution in [-0.4, -0.2) is 23.6 Å². The summed E-state index contributed by atoms with van der Waals surface area (Å²) in [5.41, 5.74) is 0.788. The van der Waals surface area contributed by atoms with E-state index in [0.29, 0.717) is 5.75 Å². The van der Waals surface area contributed by atoms with Crippen molar-refractivity contribution in [3.63, 3.8) is 0 Å². The lowest BCUT2D eigenvalue weighted by molar-refractivity contribution is -0.124. The van der Waals surface area contributed by atoms with Gasteiger partial charge >= 0.3 is 0 Å². The first-order chi connectivity index (χ1) is 10.5. The van der Waals surface area contributed by atoms with Crippen molar-refractivity contribution in [2.45, 2.75) is 31.7 Å². The van der Waals surface area contributed by atoms with Gasteiger partial charge in [-0.2, -0.15) is 0 Å². The van der Waals surface area contributed by atoms with Gasteiger partial charge in [-0.05, 0) is 18.1 Å². The molecule has 2 N–H and O–H groups in total. The standard InChI is InChI=1S/C17H22N2O2S/c1-11(2)13-8-9-16(20)18-14-6-4-5-7-15(14)22-10-12(3)17(21)19-13/h4-9,11-13H,10H2,1-3H3,(H,18,20)(H,19,21)/b9-8+/t12-,13+/m0/s1. The van der Waals surface area contributed by atoms with Gasteiger partial charge in [0.15, 0.2) is 0 Å². The maximum atomic E-state index is 12.3. The van der Waals surface area contributed by atoms with Crippen LogP contribution in [0.2, 0.25) is 0 Å². The maximum Gasteiger partial charge on any atom is 0.248 e. The summed E-state index contributed by atoms with van der Waals surface area (Å²) in [5.74, 6) is 0.648. The van der Waals surface area contributed by atoms with Crippen molar-refractivity contribution in [2.24, 2.45) is 11.8 Å². The van der Waals surface area contributed by atoms with Gasteiger partial charge in [-0.1, -0.05) is 39.0 Å². The molecule has 0 bridgehead atoms. The summed E-state index contributed by atoms with van der Waals surface area (Å²) in [4.78, 5) is 25.3. The summed E-state index contributed by atoms with van der Waals surface area (Å²) in [6, 6.07) is 7.52. The third-order valence-electron chi connectivity index (χ3n) is 3.56. The highest BCUT2D eigenvalue weighted by Gasteiger charge is 2.20. The molecule has 0 saturated carbocycles. The molecule has 2 amide bonds. The summed E-state index contributed by atoms with van der Waals surface area (Å²) in [6.07, 6.45) is 3.26. The van der Waals surface area contributed by atoms with E-state index in [2.05, 4.69) is 10.6 Å². The Morgan fingerprint density at radius 1 is 1.23 bits per heavy atom. The highest BCUT2D eigenvalue weighted by atomic mass is 32.2. The molecular formula is C17H22N2O2S. The highest BCUT2D eigenvalue weighted by molar-refractivity contribution is 7.99. The summed E-state index contributed by atoms with van der Waals surface area (Å²) in [5, 5.41) is 5.91. The fourth-order valence-electron chi connectivity index (χ4n) is 2.10. The number of amides is 2. The second-order valence-corrected chi connectivity index (χ2v) is 6.90. The maximum absolute atomic E-state index is 12.3. The first-order valence-electron chi connectivity index (χ1n) is 7.48. The molecule has 5 heteroatoms. The quantitative estimate of drug-likeness (QED) is 0.836. The van der Waals surface area contributed by atoms with E-state index in [4.69, 9.17) is 0 Å². The van der Waals surface area contributed by atoms with Crippen LogP contribution in [0.4, 0.5) is 5.69 Å². The van der Waals surface area contributed by atoms with Crippen LogP contribution in [0.3, 0.4) is 0 Å². The predicted molar refractivity (Wildman–Crippen MR) is 90.9 cm³/mol. The summed E-state index contributed by atoms with van der Waals surface area (Å²) in [7, 11) is 0. The largest absolute Gasteiger partial charge is 0.349 e. The van der Waals surface area contributed by atoms with E-state index in [-0.39, 0.29) is 29.7 Å². The van der Waals surface area contributed by atoms with E-state index < -0.39 is 0 Å². The Balaban J connectivity index is 2.29. The zero-order chi connectivity index (χ0) is 16.1. The molecule has 2 atom stereocenters. The number of thioether (sulfide) groups is 1. The molecule has 0 saturated heterocycles. The van der Waals surface area contributed by atoms with Crippen molar-refractivity contribution >= 4 is 29.3 Å². The van der Waals surface area contributed by atoms with Crippen LogP contribution in [0.5, 0.6) is 0 Å². The third-order valence-corrected chi connectivity index (χ3v) is 4.90. The number of fused-ring (bicyclic) bond motifs is 1. The average Bonchev–Trinajstić information content (AvgIpc) is 2.48. The molecule has 0 fully saturated rings. The zero-order valence-electron chi connectivity index (χ0n) is 13.1. The number of rotatable bonds is 1. The molecule has 0 aromatic heterocycles. The molecule has 2 rings (SSSR count). The van der Waals surface area contributed by atoms with Crippen molar-refractivity contribution < 1.29 is 9.59 Å². The lowest BCUT2D eigenvalue weighted by atomic mass is 10.0. The van der Waals surface area contributed by atoms with Gasteiger partial charge in [-0.15, -0.1) is 11.8 Å². The fourth-order valence-corrected chi connectivity index (χ4v) is 3.13. The van der Waals surface area contributed by atoms with Gasteiger partial charge in [0, 0.05) is 28.7 Å². The Kier molecular flexibility index (Phi) is 5.66. The Hall–Kier alpha value is -1.75. The Morgan fingerprint density at radius 3 is 2.68 bits per heavy atom. The van der Waals surface area contributed by atoms with Crippen LogP contribution in [0, 0.1) is 11.8 Å². The molecule has 1 aliphatic rings. The number of hydrogen-bond donors (Lipinski definition) is 2. The normalized spacial score (nSPS) is 24.5. The van der Waals surface area contributed by atoms with E-state index in [0.717, 1.165) is 10.6 Å². The molecule has 1 aromatic rings. The summed E-state index contributed by atoms with van der Waals surface area (Å²) >= 11 is 1.59. The van der Waals surface area contributed by atoms with Gasteiger partial charge in [-0.25, -0.2) is 0 Å². The first-order valence-corrected chi connectivity index (χ1v) is 8.47. The van der Waals surface area contributed by atoms with Gasteiger partial charge in [-0.3, -0.25) is 9.59 Å². The molecule has 118 valence electrons. The van der Waals surface area contributed by atoms with Crippen molar-refractivity contribution in [3.8, 4) is 0 Å². The van der Waals surface area contributed by atoms with Crippen molar-refractivity contribution in [2.75, 3.05) is 11.1 Å². The summed E-state index contributed by atoms with van der Waals surface area (Å²) in [6.45, 7) is 5.97. The molecule has 0 radical (unpaired) electrons. The molecule has 1 aliphatic heterocycles.